The van der Waals surface area contributed by atoms with Crippen LogP contribution in [0.2, 0.25) is 0 Å². The summed E-state index contributed by atoms with van der Waals surface area (Å²) in [5.41, 5.74) is 5.07. The van der Waals surface area contributed by atoms with E-state index in [1.165, 1.54) is 18.0 Å². The Morgan fingerprint density at radius 3 is 2.62 bits per heavy atom. The van der Waals surface area contributed by atoms with Gasteiger partial charge in [-0.25, -0.2) is 8.78 Å². The van der Waals surface area contributed by atoms with Crippen LogP contribution in [0.3, 0.4) is 0 Å². The summed E-state index contributed by atoms with van der Waals surface area (Å²) in [6.07, 6.45) is -1.38. The summed E-state index contributed by atoms with van der Waals surface area (Å²) in [6.45, 7) is 4.38. The highest BCUT2D eigenvalue weighted by atomic mass is 35.5. The first kappa shape index (κ1) is 19.8. The van der Waals surface area contributed by atoms with Gasteiger partial charge in [-0.15, -0.1) is 12.4 Å². The number of rotatable bonds is 7. The van der Waals surface area contributed by atoms with Gasteiger partial charge in [-0.2, -0.15) is 5.10 Å². The Morgan fingerprint density at radius 2 is 2.14 bits per heavy atom. The lowest BCUT2D eigenvalue weighted by Gasteiger charge is -2.10. The van der Waals surface area contributed by atoms with Crippen LogP contribution in [0, 0.1) is 5.92 Å². The lowest BCUT2D eigenvalue weighted by atomic mass is 10.2. The number of nitrogens with zero attached hydrogens (tertiary/aromatic N) is 2. The number of ether oxygens (including phenoxy) is 1. The molecule has 6 nitrogen and oxygen atoms in total. The van der Waals surface area contributed by atoms with Crippen LogP contribution in [0.5, 0.6) is 0 Å². The molecule has 122 valence electrons. The summed E-state index contributed by atoms with van der Waals surface area (Å²) in [7, 11) is 1.40. The quantitative estimate of drug-likeness (QED) is 0.800. The smallest absolute Gasteiger partial charge is 0.284 e. The van der Waals surface area contributed by atoms with Gasteiger partial charge in [-0.3, -0.25) is 9.48 Å². The minimum atomic E-state index is -2.77. The summed E-state index contributed by atoms with van der Waals surface area (Å²) >= 11 is 0. The Labute approximate surface area is 128 Å². The van der Waals surface area contributed by atoms with Crippen molar-refractivity contribution >= 4 is 24.0 Å². The summed E-state index contributed by atoms with van der Waals surface area (Å²) in [4.78, 5) is 11.7. The van der Waals surface area contributed by atoms with E-state index < -0.39 is 24.1 Å². The van der Waals surface area contributed by atoms with Gasteiger partial charge in [0, 0.05) is 19.9 Å². The zero-order valence-electron chi connectivity index (χ0n) is 12.2. The molecule has 1 rings (SSSR count). The predicted octanol–water partition coefficient (Wildman–Crippen LogP) is 1.81. The van der Waals surface area contributed by atoms with Crippen molar-refractivity contribution in [2.24, 2.45) is 11.7 Å². The summed E-state index contributed by atoms with van der Waals surface area (Å²) in [5.74, 6) is -0.336. The second-order valence-corrected chi connectivity index (χ2v) is 4.90. The Bertz CT molecular complexity index is 454. The van der Waals surface area contributed by atoms with Crippen molar-refractivity contribution in [1.82, 2.24) is 9.78 Å². The summed E-state index contributed by atoms with van der Waals surface area (Å²) in [5, 5.41) is 6.15. The number of methoxy groups -OCH3 is 1. The highest BCUT2D eigenvalue weighted by Crippen LogP contribution is 2.25. The third kappa shape index (κ3) is 5.94. The topological polar surface area (TPSA) is 82.2 Å². The molecule has 0 aliphatic carbocycles. The molecule has 1 aromatic heterocycles. The fraction of sp³-hybridized carbons (Fsp3) is 0.667. The van der Waals surface area contributed by atoms with Crippen molar-refractivity contribution in [2.75, 3.05) is 19.0 Å². The molecular formula is C12H21ClF2N4O2. The van der Waals surface area contributed by atoms with Gasteiger partial charge in [-0.05, 0) is 5.92 Å². The number of halogens is 3. The first-order valence-corrected chi connectivity index (χ1v) is 6.26. The van der Waals surface area contributed by atoms with Crippen molar-refractivity contribution in [1.29, 1.82) is 0 Å². The molecule has 0 bridgehead atoms. The molecule has 0 spiro atoms. The number of hydrogen-bond acceptors (Lipinski definition) is 4. The first-order chi connectivity index (χ1) is 9.35. The number of carbonyl (C=O) groups is 1. The largest absolute Gasteiger partial charge is 0.383 e. The van der Waals surface area contributed by atoms with Gasteiger partial charge in [-0.1, -0.05) is 13.8 Å². The van der Waals surface area contributed by atoms with Crippen molar-refractivity contribution < 1.29 is 18.3 Å². The molecule has 1 heterocycles. The van der Waals surface area contributed by atoms with E-state index in [2.05, 4.69) is 10.4 Å². The van der Waals surface area contributed by atoms with Crippen LogP contribution in [0.4, 0.5) is 14.5 Å². The number of nitrogens with two attached hydrogens (primary N) is 1. The molecule has 0 fully saturated rings. The number of alkyl halides is 2. The molecular weight excluding hydrogens is 306 g/mol. The van der Waals surface area contributed by atoms with E-state index in [9.17, 15) is 13.6 Å². The lowest BCUT2D eigenvalue weighted by Crippen LogP contribution is -2.39. The van der Waals surface area contributed by atoms with Gasteiger partial charge >= 0.3 is 0 Å². The van der Waals surface area contributed by atoms with E-state index in [0.29, 0.717) is 6.54 Å². The molecule has 0 saturated carbocycles. The van der Waals surface area contributed by atoms with Crippen LogP contribution in [0.1, 0.15) is 26.0 Å². The molecule has 0 saturated heterocycles. The minimum absolute atomic E-state index is 0. The fourth-order valence-corrected chi connectivity index (χ4v) is 1.64. The Hall–Kier alpha value is -1.25. The maximum absolute atomic E-state index is 12.9. The van der Waals surface area contributed by atoms with E-state index in [-0.39, 0.29) is 30.6 Å². The molecule has 0 aliphatic rings. The first-order valence-electron chi connectivity index (χ1n) is 6.26. The molecule has 1 atom stereocenters. The van der Waals surface area contributed by atoms with Gasteiger partial charge in [0.05, 0.1) is 12.3 Å². The number of carbonyl (C=O) groups excluding carboxylic acids is 1. The molecule has 1 aromatic rings. The zero-order valence-corrected chi connectivity index (χ0v) is 13.0. The van der Waals surface area contributed by atoms with Gasteiger partial charge in [0.25, 0.3) is 6.43 Å². The number of aromatic nitrogens is 2. The highest BCUT2D eigenvalue weighted by molar-refractivity contribution is 5.95. The van der Waals surface area contributed by atoms with Crippen LogP contribution in [0.25, 0.3) is 0 Å². The van der Waals surface area contributed by atoms with Crippen LogP contribution >= 0.6 is 12.4 Å². The second-order valence-electron chi connectivity index (χ2n) is 4.90. The van der Waals surface area contributed by atoms with Gasteiger partial charge in [0.2, 0.25) is 5.91 Å². The Morgan fingerprint density at radius 1 is 1.52 bits per heavy atom. The molecule has 21 heavy (non-hydrogen) atoms. The predicted molar refractivity (Wildman–Crippen MR) is 77.8 cm³/mol. The van der Waals surface area contributed by atoms with E-state index in [0.717, 1.165) is 0 Å². The molecule has 1 unspecified atom stereocenters. The fourth-order valence-electron chi connectivity index (χ4n) is 1.64. The maximum atomic E-state index is 12.9. The Balaban J connectivity index is 0.00000400. The molecule has 3 N–H and O–H groups in total. The number of anilines is 1. The van der Waals surface area contributed by atoms with Crippen molar-refractivity contribution in [3.8, 4) is 0 Å². The van der Waals surface area contributed by atoms with Crippen molar-refractivity contribution in [2.45, 2.75) is 32.9 Å². The normalized spacial score (nSPS) is 12.4. The lowest BCUT2D eigenvalue weighted by molar-refractivity contribution is -0.118. The zero-order chi connectivity index (χ0) is 15.3. The average Bonchev–Trinajstić information content (AvgIpc) is 2.71. The third-order valence-corrected chi connectivity index (χ3v) is 2.49. The average molecular weight is 327 g/mol. The minimum Gasteiger partial charge on any atom is -0.383 e. The van der Waals surface area contributed by atoms with Crippen molar-refractivity contribution in [3.05, 3.63) is 11.9 Å². The summed E-state index contributed by atoms with van der Waals surface area (Å²) in [6, 6.07) is -0.918. The highest BCUT2D eigenvalue weighted by Gasteiger charge is 2.22. The maximum Gasteiger partial charge on any atom is 0.284 e. The Kier molecular flexibility index (Phi) is 8.38. The molecule has 1 amide bonds. The SMILES string of the molecule is COCC(N)C(=O)Nc1cn(CC(C)C)nc1C(F)F.Cl. The van der Waals surface area contributed by atoms with Gasteiger partial charge < -0.3 is 15.8 Å². The standard InChI is InChI=1S/C12H20F2N4O2.ClH/c1-7(2)4-18-5-9(10(17-18)11(13)14)16-12(19)8(15)6-20-3;/h5,7-8,11H,4,6,15H2,1-3H3,(H,16,19);1H. The number of hydrogen-bond donors (Lipinski definition) is 2. The summed E-state index contributed by atoms with van der Waals surface area (Å²) < 4.78 is 31.9. The third-order valence-electron chi connectivity index (χ3n) is 2.49. The molecule has 9 heteroatoms. The van der Waals surface area contributed by atoms with Crippen LogP contribution in [0.15, 0.2) is 6.20 Å². The van der Waals surface area contributed by atoms with E-state index in [4.69, 9.17) is 10.5 Å². The van der Waals surface area contributed by atoms with Crippen LogP contribution < -0.4 is 11.1 Å². The second kappa shape index (κ2) is 8.91. The molecule has 0 radical (unpaired) electrons. The monoisotopic (exact) mass is 326 g/mol. The van der Waals surface area contributed by atoms with Crippen LogP contribution in [-0.4, -0.2) is 35.4 Å². The van der Waals surface area contributed by atoms with Crippen LogP contribution in [-0.2, 0) is 16.1 Å². The van der Waals surface area contributed by atoms with Gasteiger partial charge in [0.1, 0.15) is 6.04 Å². The molecule has 0 aliphatic heterocycles. The van der Waals surface area contributed by atoms with E-state index >= 15 is 0 Å². The van der Waals surface area contributed by atoms with Gasteiger partial charge in [0.15, 0.2) is 5.69 Å². The van der Waals surface area contributed by atoms with E-state index in [1.807, 2.05) is 13.8 Å². The number of amides is 1. The van der Waals surface area contributed by atoms with Crippen molar-refractivity contribution in [3.63, 3.8) is 0 Å². The number of nitrogens with one attached hydrogen (secondary N) is 1. The van der Waals surface area contributed by atoms with E-state index in [1.54, 1.807) is 0 Å². The molecule has 0 aromatic carbocycles.